The Balaban J connectivity index is 2.40. The lowest BCUT2D eigenvalue weighted by Gasteiger charge is -1.98. The minimum absolute atomic E-state index is 0.254. The van der Waals surface area contributed by atoms with Crippen molar-refractivity contribution >= 4 is 11.6 Å². The van der Waals surface area contributed by atoms with Crippen LogP contribution in [0, 0.1) is 11.6 Å². The summed E-state index contributed by atoms with van der Waals surface area (Å²) in [5.74, 6) is -0.898. The SMILES string of the molecule is Fc1ccc(-c2cnc(CCl)[nH]2)cc1F. The van der Waals surface area contributed by atoms with Crippen molar-refractivity contribution < 1.29 is 8.78 Å². The van der Waals surface area contributed by atoms with Gasteiger partial charge in [-0.2, -0.15) is 0 Å². The Hall–Kier alpha value is -1.42. The number of alkyl halides is 1. The number of imidazole rings is 1. The van der Waals surface area contributed by atoms with E-state index in [1.54, 1.807) is 0 Å². The molecule has 0 saturated heterocycles. The van der Waals surface area contributed by atoms with Gasteiger partial charge in [-0.05, 0) is 18.2 Å². The zero-order valence-corrected chi connectivity index (χ0v) is 8.35. The summed E-state index contributed by atoms with van der Waals surface area (Å²) in [5, 5.41) is 0. The molecule has 0 atom stereocenters. The monoisotopic (exact) mass is 228 g/mol. The first-order chi connectivity index (χ1) is 7.20. The van der Waals surface area contributed by atoms with E-state index < -0.39 is 11.6 Å². The van der Waals surface area contributed by atoms with E-state index in [9.17, 15) is 8.78 Å². The van der Waals surface area contributed by atoms with E-state index in [2.05, 4.69) is 9.97 Å². The van der Waals surface area contributed by atoms with E-state index in [1.165, 1.54) is 12.3 Å². The van der Waals surface area contributed by atoms with Crippen LogP contribution in [0.2, 0.25) is 0 Å². The number of hydrogen-bond acceptors (Lipinski definition) is 1. The molecule has 0 bridgehead atoms. The van der Waals surface area contributed by atoms with Crippen LogP contribution in [0.4, 0.5) is 8.78 Å². The van der Waals surface area contributed by atoms with E-state index in [4.69, 9.17) is 11.6 Å². The summed E-state index contributed by atoms with van der Waals surface area (Å²) < 4.78 is 25.6. The maximum absolute atomic E-state index is 12.9. The Labute approximate surface area is 89.9 Å². The average Bonchev–Trinajstić information content (AvgIpc) is 2.70. The molecule has 1 aromatic heterocycles. The van der Waals surface area contributed by atoms with Crippen molar-refractivity contribution in [1.82, 2.24) is 9.97 Å². The minimum atomic E-state index is -0.880. The molecular formula is C10H7ClF2N2. The maximum Gasteiger partial charge on any atom is 0.159 e. The first-order valence-electron chi connectivity index (χ1n) is 4.26. The molecule has 1 aromatic carbocycles. The second kappa shape index (κ2) is 3.98. The molecule has 15 heavy (non-hydrogen) atoms. The Morgan fingerprint density at radius 3 is 2.67 bits per heavy atom. The second-order valence-corrected chi connectivity index (χ2v) is 3.27. The molecule has 0 radical (unpaired) electrons. The van der Waals surface area contributed by atoms with Crippen molar-refractivity contribution in [2.24, 2.45) is 0 Å². The van der Waals surface area contributed by atoms with E-state index in [1.807, 2.05) is 0 Å². The molecule has 1 N–H and O–H groups in total. The van der Waals surface area contributed by atoms with Crippen molar-refractivity contribution in [3.8, 4) is 11.3 Å². The highest BCUT2D eigenvalue weighted by Gasteiger charge is 2.06. The van der Waals surface area contributed by atoms with Crippen molar-refractivity contribution in [2.75, 3.05) is 0 Å². The quantitative estimate of drug-likeness (QED) is 0.787. The number of nitrogens with one attached hydrogen (secondary N) is 1. The van der Waals surface area contributed by atoms with E-state index >= 15 is 0 Å². The smallest absolute Gasteiger partial charge is 0.159 e. The van der Waals surface area contributed by atoms with Crippen LogP contribution < -0.4 is 0 Å². The molecule has 5 heteroatoms. The van der Waals surface area contributed by atoms with Gasteiger partial charge in [0.15, 0.2) is 11.6 Å². The van der Waals surface area contributed by atoms with Gasteiger partial charge >= 0.3 is 0 Å². The van der Waals surface area contributed by atoms with Crippen LogP contribution in [0.5, 0.6) is 0 Å². The fourth-order valence-electron chi connectivity index (χ4n) is 1.24. The van der Waals surface area contributed by atoms with Crippen molar-refractivity contribution in [3.05, 3.63) is 41.9 Å². The Morgan fingerprint density at radius 1 is 1.27 bits per heavy atom. The van der Waals surface area contributed by atoms with Crippen LogP contribution >= 0.6 is 11.6 Å². The van der Waals surface area contributed by atoms with Crippen LogP contribution in [0.15, 0.2) is 24.4 Å². The third-order valence-corrected chi connectivity index (χ3v) is 2.24. The molecular weight excluding hydrogens is 222 g/mol. The Morgan fingerprint density at radius 2 is 2.07 bits per heavy atom. The van der Waals surface area contributed by atoms with Crippen molar-refractivity contribution in [1.29, 1.82) is 0 Å². The van der Waals surface area contributed by atoms with Gasteiger partial charge in [-0.1, -0.05) is 0 Å². The van der Waals surface area contributed by atoms with Gasteiger partial charge in [-0.15, -0.1) is 11.6 Å². The van der Waals surface area contributed by atoms with E-state index in [-0.39, 0.29) is 5.88 Å². The molecule has 1 heterocycles. The lowest BCUT2D eigenvalue weighted by atomic mass is 10.1. The lowest BCUT2D eigenvalue weighted by molar-refractivity contribution is 0.509. The minimum Gasteiger partial charge on any atom is -0.341 e. The lowest BCUT2D eigenvalue weighted by Crippen LogP contribution is -1.86. The topological polar surface area (TPSA) is 28.7 Å². The summed E-state index contributed by atoms with van der Waals surface area (Å²) in [5.41, 5.74) is 1.15. The first-order valence-corrected chi connectivity index (χ1v) is 4.79. The molecule has 0 saturated carbocycles. The zero-order chi connectivity index (χ0) is 10.8. The number of aromatic nitrogens is 2. The molecule has 0 fully saturated rings. The van der Waals surface area contributed by atoms with Crippen LogP contribution in [0.25, 0.3) is 11.3 Å². The highest BCUT2D eigenvalue weighted by atomic mass is 35.5. The summed E-state index contributed by atoms with van der Waals surface area (Å²) >= 11 is 5.56. The summed E-state index contributed by atoms with van der Waals surface area (Å²) in [4.78, 5) is 6.85. The fraction of sp³-hybridized carbons (Fsp3) is 0.100. The van der Waals surface area contributed by atoms with Gasteiger partial charge in [0.05, 0.1) is 17.8 Å². The third-order valence-electron chi connectivity index (χ3n) is 1.99. The van der Waals surface area contributed by atoms with E-state index in [0.717, 1.165) is 12.1 Å². The van der Waals surface area contributed by atoms with Crippen LogP contribution in [-0.4, -0.2) is 9.97 Å². The summed E-state index contributed by atoms with van der Waals surface area (Å²) in [6.07, 6.45) is 1.53. The number of nitrogens with zero attached hydrogens (tertiary/aromatic N) is 1. The van der Waals surface area contributed by atoms with E-state index in [0.29, 0.717) is 17.1 Å². The maximum atomic E-state index is 12.9. The number of rotatable bonds is 2. The largest absolute Gasteiger partial charge is 0.341 e. The highest BCUT2D eigenvalue weighted by molar-refractivity contribution is 6.16. The van der Waals surface area contributed by atoms with Crippen LogP contribution in [0.1, 0.15) is 5.82 Å². The number of H-pyrrole nitrogens is 1. The van der Waals surface area contributed by atoms with Gasteiger partial charge < -0.3 is 4.98 Å². The van der Waals surface area contributed by atoms with Gasteiger partial charge in [-0.25, -0.2) is 13.8 Å². The number of hydrogen-bond donors (Lipinski definition) is 1. The summed E-state index contributed by atoms with van der Waals surface area (Å²) in [6.45, 7) is 0. The molecule has 0 aliphatic carbocycles. The number of aromatic amines is 1. The molecule has 2 nitrogen and oxygen atoms in total. The van der Waals surface area contributed by atoms with Crippen LogP contribution in [-0.2, 0) is 5.88 Å². The fourth-order valence-corrected chi connectivity index (χ4v) is 1.38. The summed E-state index contributed by atoms with van der Waals surface area (Å²) in [6, 6.07) is 3.66. The van der Waals surface area contributed by atoms with Gasteiger partial charge in [-0.3, -0.25) is 0 Å². The second-order valence-electron chi connectivity index (χ2n) is 3.01. The van der Waals surface area contributed by atoms with Crippen LogP contribution in [0.3, 0.4) is 0 Å². The first kappa shape index (κ1) is 10.1. The number of benzene rings is 1. The van der Waals surface area contributed by atoms with Crippen molar-refractivity contribution in [2.45, 2.75) is 5.88 Å². The van der Waals surface area contributed by atoms with Gasteiger partial charge in [0, 0.05) is 5.56 Å². The molecule has 0 amide bonds. The Kier molecular flexibility index (Phi) is 2.68. The predicted octanol–water partition coefficient (Wildman–Crippen LogP) is 3.09. The van der Waals surface area contributed by atoms with Crippen molar-refractivity contribution in [3.63, 3.8) is 0 Å². The Bertz CT molecular complexity index is 482. The molecule has 0 aliphatic heterocycles. The highest BCUT2D eigenvalue weighted by Crippen LogP contribution is 2.19. The van der Waals surface area contributed by atoms with Gasteiger partial charge in [0.25, 0.3) is 0 Å². The third kappa shape index (κ3) is 1.99. The molecule has 0 spiro atoms. The average molecular weight is 229 g/mol. The van der Waals surface area contributed by atoms with Gasteiger partial charge in [0.2, 0.25) is 0 Å². The molecule has 78 valence electrons. The zero-order valence-electron chi connectivity index (χ0n) is 7.60. The molecule has 0 unspecified atom stereocenters. The molecule has 0 aliphatic rings. The number of halogens is 3. The summed E-state index contributed by atoms with van der Waals surface area (Å²) in [7, 11) is 0. The molecule has 2 aromatic rings. The predicted molar refractivity (Wildman–Crippen MR) is 53.5 cm³/mol. The standard InChI is InChI=1S/C10H7ClF2N2/c11-4-10-14-5-9(15-10)6-1-2-7(12)8(13)3-6/h1-3,5H,4H2,(H,14,15). The molecule has 2 rings (SSSR count). The normalized spacial score (nSPS) is 10.6. The van der Waals surface area contributed by atoms with Gasteiger partial charge in [0.1, 0.15) is 5.82 Å².